The van der Waals surface area contributed by atoms with Crippen molar-refractivity contribution in [3.05, 3.63) is 23.9 Å². The van der Waals surface area contributed by atoms with Crippen molar-refractivity contribution >= 4 is 22.8 Å². The molecule has 1 aromatic carbocycles. The number of nitrogens with one attached hydrogen (secondary N) is 1. The number of aromatic nitrogens is 2. The van der Waals surface area contributed by atoms with Crippen LogP contribution in [0.3, 0.4) is 0 Å². The van der Waals surface area contributed by atoms with Crippen molar-refractivity contribution in [3.63, 3.8) is 0 Å². The molecule has 1 amide bonds. The third-order valence-electron chi connectivity index (χ3n) is 4.92. The topological polar surface area (TPSA) is 82.6 Å². The lowest BCUT2D eigenvalue weighted by Crippen LogP contribution is -2.22. The zero-order valence-electron chi connectivity index (χ0n) is 16.2. The predicted octanol–water partition coefficient (Wildman–Crippen LogP) is 3.29. The minimum Gasteiger partial charge on any atom is -0.494 e. The molecule has 1 unspecified atom stereocenters. The van der Waals surface area contributed by atoms with Crippen molar-refractivity contribution in [1.29, 1.82) is 0 Å². The third-order valence-corrected chi connectivity index (χ3v) is 4.92. The Hall–Kier alpha value is -2.25. The van der Waals surface area contributed by atoms with Crippen LogP contribution in [0, 0.1) is 0 Å². The number of nitrogens with zero attached hydrogens (tertiary/aromatic N) is 2. The highest BCUT2D eigenvalue weighted by atomic mass is 16.5. The van der Waals surface area contributed by atoms with Gasteiger partial charge >= 0.3 is 0 Å². The average Bonchev–Trinajstić information content (AvgIpc) is 2.71. The second-order valence-corrected chi connectivity index (χ2v) is 6.77. The van der Waals surface area contributed by atoms with E-state index in [-0.39, 0.29) is 18.6 Å². The SMILES string of the molecule is CCC(C)OCC(=O)Nc1cnc2c(C3CCOCC3)ccc(OC)c2n1. The molecule has 0 bridgehead atoms. The van der Waals surface area contributed by atoms with Crippen molar-refractivity contribution in [1.82, 2.24) is 9.97 Å². The zero-order valence-corrected chi connectivity index (χ0v) is 16.2. The summed E-state index contributed by atoms with van der Waals surface area (Å²) in [7, 11) is 1.61. The fourth-order valence-corrected chi connectivity index (χ4v) is 3.17. The third kappa shape index (κ3) is 4.73. The zero-order chi connectivity index (χ0) is 19.2. The fraction of sp³-hybridized carbons (Fsp3) is 0.550. The molecule has 1 saturated heterocycles. The molecule has 1 atom stereocenters. The van der Waals surface area contributed by atoms with Crippen LogP contribution in [0.4, 0.5) is 5.82 Å². The number of methoxy groups -OCH3 is 1. The molecule has 1 aliphatic rings. The monoisotopic (exact) mass is 373 g/mol. The number of carbonyl (C=O) groups is 1. The Balaban J connectivity index is 1.84. The molecule has 2 aromatic rings. The van der Waals surface area contributed by atoms with Gasteiger partial charge in [-0.25, -0.2) is 4.98 Å². The molecule has 0 aliphatic carbocycles. The molecule has 0 radical (unpaired) electrons. The van der Waals surface area contributed by atoms with Gasteiger partial charge in [0.2, 0.25) is 0 Å². The van der Waals surface area contributed by atoms with E-state index in [1.165, 1.54) is 0 Å². The van der Waals surface area contributed by atoms with Crippen LogP contribution in [0.25, 0.3) is 11.0 Å². The summed E-state index contributed by atoms with van der Waals surface area (Å²) in [5, 5.41) is 2.75. The number of benzene rings is 1. The first-order chi connectivity index (χ1) is 13.1. The number of ether oxygens (including phenoxy) is 3. The summed E-state index contributed by atoms with van der Waals surface area (Å²) in [6.45, 7) is 5.46. The summed E-state index contributed by atoms with van der Waals surface area (Å²) in [5.41, 5.74) is 2.62. The highest BCUT2D eigenvalue weighted by molar-refractivity contribution is 5.92. The van der Waals surface area contributed by atoms with Gasteiger partial charge in [-0.1, -0.05) is 13.0 Å². The van der Waals surface area contributed by atoms with E-state index in [0.717, 1.165) is 43.6 Å². The summed E-state index contributed by atoms with van der Waals surface area (Å²) in [6.07, 6.45) is 4.42. The molecule has 1 N–H and O–H groups in total. The predicted molar refractivity (Wildman–Crippen MR) is 103 cm³/mol. The van der Waals surface area contributed by atoms with Gasteiger partial charge in [0.15, 0.2) is 5.82 Å². The first-order valence-corrected chi connectivity index (χ1v) is 9.45. The van der Waals surface area contributed by atoms with Gasteiger partial charge in [-0.3, -0.25) is 9.78 Å². The number of rotatable bonds is 7. The highest BCUT2D eigenvalue weighted by Gasteiger charge is 2.21. The van der Waals surface area contributed by atoms with E-state index >= 15 is 0 Å². The van der Waals surface area contributed by atoms with Crippen LogP contribution in [0.15, 0.2) is 18.3 Å². The van der Waals surface area contributed by atoms with E-state index in [4.69, 9.17) is 14.2 Å². The van der Waals surface area contributed by atoms with Crippen LogP contribution in [0.5, 0.6) is 5.75 Å². The Labute approximate surface area is 159 Å². The standard InChI is InChI=1S/C20H27N3O4/c1-4-13(2)27-12-18(24)22-17-11-21-19-15(14-7-9-26-10-8-14)5-6-16(25-3)20(19)23-17/h5-6,11,13-14H,4,7-10,12H2,1-3H3,(H,22,23,24). The molecule has 7 nitrogen and oxygen atoms in total. The van der Waals surface area contributed by atoms with Crippen molar-refractivity contribution in [2.24, 2.45) is 0 Å². The maximum Gasteiger partial charge on any atom is 0.251 e. The lowest BCUT2D eigenvalue weighted by atomic mass is 9.90. The summed E-state index contributed by atoms with van der Waals surface area (Å²) >= 11 is 0. The van der Waals surface area contributed by atoms with Gasteiger partial charge in [-0.05, 0) is 43.7 Å². The Bertz CT molecular complexity index is 790. The van der Waals surface area contributed by atoms with Gasteiger partial charge in [0, 0.05) is 13.2 Å². The molecule has 0 saturated carbocycles. The quantitative estimate of drug-likeness (QED) is 0.802. The average molecular weight is 373 g/mol. The van der Waals surface area contributed by atoms with E-state index < -0.39 is 0 Å². The number of carbonyl (C=O) groups excluding carboxylic acids is 1. The van der Waals surface area contributed by atoms with E-state index in [1.807, 2.05) is 19.9 Å². The highest BCUT2D eigenvalue weighted by Crippen LogP contribution is 2.35. The second-order valence-electron chi connectivity index (χ2n) is 6.77. The molecule has 2 heterocycles. The Morgan fingerprint density at radius 3 is 2.81 bits per heavy atom. The van der Waals surface area contributed by atoms with Crippen LogP contribution in [0.1, 0.15) is 44.6 Å². The summed E-state index contributed by atoms with van der Waals surface area (Å²) < 4.78 is 16.4. The second kappa shape index (κ2) is 9.10. The van der Waals surface area contributed by atoms with Crippen LogP contribution >= 0.6 is 0 Å². The van der Waals surface area contributed by atoms with Crippen LogP contribution in [-0.4, -0.2) is 48.9 Å². The lowest BCUT2D eigenvalue weighted by Gasteiger charge is -2.23. The van der Waals surface area contributed by atoms with E-state index in [2.05, 4.69) is 21.4 Å². The van der Waals surface area contributed by atoms with Crippen molar-refractivity contribution in [3.8, 4) is 5.75 Å². The van der Waals surface area contributed by atoms with Crippen LogP contribution in [0.2, 0.25) is 0 Å². The van der Waals surface area contributed by atoms with E-state index in [9.17, 15) is 4.79 Å². The van der Waals surface area contributed by atoms with E-state index in [0.29, 0.717) is 23.0 Å². The molecule has 146 valence electrons. The Kier molecular flexibility index (Phi) is 6.58. The molecular weight excluding hydrogens is 346 g/mol. The van der Waals surface area contributed by atoms with Gasteiger partial charge < -0.3 is 19.5 Å². The first-order valence-electron chi connectivity index (χ1n) is 9.45. The normalized spacial score (nSPS) is 16.3. The minimum absolute atomic E-state index is 0.00598. The lowest BCUT2D eigenvalue weighted by molar-refractivity contribution is -0.122. The number of hydrogen-bond acceptors (Lipinski definition) is 6. The molecule has 3 rings (SSSR count). The van der Waals surface area contributed by atoms with Gasteiger partial charge in [-0.2, -0.15) is 0 Å². The van der Waals surface area contributed by atoms with E-state index in [1.54, 1.807) is 13.3 Å². The van der Waals surface area contributed by atoms with Gasteiger partial charge in [-0.15, -0.1) is 0 Å². The Morgan fingerprint density at radius 2 is 2.11 bits per heavy atom. The minimum atomic E-state index is -0.247. The maximum absolute atomic E-state index is 12.1. The van der Waals surface area contributed by atoms with Gasteiger partial charge in [0.1, 0.15) is 17.9 Å². The molecule has 0 spiro atoms. The van der Waals surface area contributed by atoms with Gasteiger partial charge in [0.05, 0.1) is 24.9 Å². The molecule has 27 heavy (non-hydrogen) atoms. The molecule has 1 fully saturated rings. The Morgan fingerprint density at radius 1 is 1.33 bits per heavy atom. The smallest absolute Gasteiger partial charge is 0.251 e. The van der Waals surface area contributed by atoms with Crippen molar-refractivity contribution < 1.29 is 19.0 Å². The van der Waals surface area contributed by atoms with Crippen LogP contribution in [-0.2, 0) is 14.3 Å². The summed E-state index contributed by atoms with van der Waals surface area (Å²) in [4.78, 5) is 21.3. The number of amides is 1. The molecule has 1 aliphatic heterocycles. The molecule has 7 heteroatoms. The van der Waals surface area contributed by atoms with Crippen molar-refractivity contribution in [2.75, 3.05) is 32.2 Å². The van der Waals surface area contributed by atoms with Gasteiger partial charge in [0.25, 0.3) is 5.91 Å². The van der Waals surface area contributed by atoms with Crippen molar-refractivity contribution in [2.45, 2.75) is 45.1 Å². The number of hydrogen-bond donors (Lipinski definition) is 1. The molecular formula is C20H27N3O4. The number of anilines is 1. The molecule has 1 aromatic heterocycles. The fourth-order valence-electron chi connectivity index (χ4n) is 3.17. The largest absolute Gasteiger partial charge is 0.494 e. The summed E-state index contributed by atoms with van der Waals surface area (Å²) in [6, 6.07) is 3.98. The first kappa shape index (κ1) is 19.5. The maximum atomic E-state index is 12.1. The summed E-state index contributed by atoms with van der Waals surface area (Å²) in [5.74, 6) is 1.18. The number of fused-ring (bicyclic) bond motifs is 1. The van der Waals surface area contributed by atoms with Crippen LogP contribution < -0.4 is 10.1 Å².